The number of likely N-dealkylation sites (N-methyl/N-ethyl adjacent to an activating group) is 1. The molecular weight excluding hydrogens is 262 g/mol. The third-order valence-electron chi connectivity index (χ3n) is 3.71. The van der Waals surface area contributed by atoms with Crippen LogP contribution in [0.4, 0.5) is 5.69 Å². The summed E-state index contributed by atoms with van der Waals surface area (Å²) >= 11 is 0. The van der Waals surface area contributed by atoms with Gasteiger partial charge >= 0.3 is 0 Å². The van der Waals surface area contributed by atoms with Crippen molar-refractivity contribution < 1.29 is 8.42 Å². The third kappa shape index (κ3) is 2.75. The lowest BCUT2D eigenvalue weighted by Crippen LogP contribution is -2.47. The lowest BCUT2D eigenvalue weighted by molar-refractivity contribution is 0.222. The van der Waals surface area contributed by atoms with Gasteiger partial charge in [0.2, 0.25) is 10.0 Å². The van der Waals surface area contributed by atoms with E-state index >= 15 is 0 Å². The van der Waals surface area contributed by atoms with Crippen molar-refractivity contribution in [2.45, 2.75) is 18.7 Å². The van der Waals surface area contributed by atoms with Gasteiger partial charge in [-0.1, -0.05) is 0 Å². The van der Waals surface area contributed by atoms with Crippen molar-refractivity contribution in [1.29, 1.82) is 0 Å². The summed E-state index contributed by atoms with van der Waals surface area (Å²) in [6.45, 7) is 6.38. The van der Waals surface area contributed by atoms with Crippen LogP contribution in [0.2, 0.25) is 0 Å². The van der Waals surface area contributed by atoms with E-state index in [-0.39, 0.29) is 4.90 Å². The van der Waals surface area contributed by atoms with Crippen LogP contribution in [0.25, 0.3) is 0 Å². The highest BCUT2D eigenvalue weighted by molar-refractivity contribution is 7.89. The van der Waals surface area contributed by atoms with Crippen LogP contribution in [-0.4, -0.2) is 50.8 Å². The van der Waals surface area contributed by atoms with E-state index in [1.54, 1.807) is 12.1 Å². The highest BCUT2D eigenvalue weighted by atomic mass is 32.2. The molecule has 5 nitrogen and oxygen atoms in total. The van der Waals surface area contributed by atoms with Gasteiger partial charge in [0.1, 0.15) is 4.90 Å². The summed E-state index contributed by atoms with van der Waals surface area (Å²) in [6, 6.07) is 3.41. The third-order valence-corrected chi connectivity index (χ3v) is 5.66. The second kappa shape index (κ2) is 5.11. The number of nitrogen functional groups attached to an aromatic ring is 1. The van der Waals surface area contributed by atoms with Crippen molar-refractivity contribution in [1.82, 2.24) is 9.21 Å². The molecule has 0 saturated carbocycles. The number of sulfonamides is 1. The van der Waals surface area contributed by atoms with E-state index in [4.69, 9.17) is 5.73 Å². The number of anilines is 1. The minimum atomic E-state index is -3.47. The largest absolute Gasteiger partial charge is 0.398 e. The van der Waals surface area contributed by atoms with Crippen molar-refractivity contribution in [3.05, 3.63) is 23.3 Å². The molecule has 1 fully saturated rings. The molecule has 19 heavy (non-hydrogen) atoms. The van der Waals surface area contributed by atoms with Crippen LogP contribution in [0.3, 0.4) is 0 Å². The summed E-state index contributed by atoms with van der Waals surface area (Å²) in [5, 5.41) is 0. The first-order valence-electron chi connectivity index (χ1n) is 6.38. The number of nitrogens with two attached hydrogens (primary N) is 1. The van der Waals surface area contributed by atoms with Gasteiger partial charge in [-0.3, -0.25) is 0 Å². The van der Waals surface area contributed by atoms with Gasteiger partial charge in [-0.25, -0.2) is 8.42 Å². The van der Waals surface area contributed by atoms with Gasteiger partial charge in [0, 0.05) is 26.2 Å². The Hall–Kier alpha value is -1.11. The molecule has 6 heteroatoms. The quantitative estimate of drug-likeness (QED) is 0.816. The molecular formula is C13H21N3O2S. The molecule has 1 heterocycles. The highest BCUT2D eigenvalue weighted by Gasteiger charge is 2.29. The molecule has 0 bridgehead atoms. The topological polar surface area (TPSA) is 66.6 Å². The average Bonchev–Trinajstić information content (AvgIpc) is 2.34. The van der Waals surface area contributed by atoms with Crippen molar-refractivity contribution in [3.63, 3.8) is 0 Å². The van der Waals surface area contributed by atoms with Crippen LogP contribution >= 0.6 is 0 Å². The molecule has 2 rings (SSSR count). The van der Waals surface area contributed by atoms with Crippen LogP contribution in [0, 0.1) is 13.8 Å². The average molecular weight is 283 g/mol. The first-order chi connectivity index (χ1) is 8.82. The zero-order valence-corrected chi connectivity index (χ0v) is 12.5. The normalized spacial score (nSPS) is 18.7. The minimum Gasteiger partial charge on any atom is -0.398 e. The van der Waals surface area contributed by atoms with Crippen molar-refractivity contribution in [2.24, 2.45) is 0 Å². The molecule has 0 atom stereocenters. The Labute approximate surface area is 115 Å². The van der Waals surface area contributed by atoms with E-state index in [0.29, 0.717) is 18.8 Å². The SMILES string of the molecule is Cc1cc(N)c(S(=O)(=O)N2CCN(C)CC2)cc1C. The maximum absolute atomic E-state index is 12.6. The molecule has 1 aliphatic rings. The lowest BCUT2D eigenvalue weighted by atomic mass is 10.1. The van der Waals surface area contributed by atoms with E-state index in [1.165, 1.54) is 4.31 Å². The Bertz CT molecular complexity index is 576. The zero-order valence-electron chi connectivity index (χ0n) is 11.7. The standard InChI is InChI=1S/C13H21N3O2S/c1-10-8-12(14)13(9-11(10)2)19(17,18)16-6-4-15(3)5-7-16/h8-9H,4-7,14H2,1-3H3. The Kier molecular flexibility index (Phi) is 3.85. The highest BCUT2D eigenvalue weighted by Crippen LogP contribution is 2.26. The van der Waals surface area contributed by atoms with Gasteiger partial charge in [-0.15, -0.1) is 0 Å². The monoisotopic (exact) mass is 283 g/mol. The molecule has 1 aliphatic heterocycles. The fourth-order valence-electron chi connectivity index (χ4n) is 2.20. The molecule has 0 aliphatic carbocycles. The molecule has 2 N–H and O–H groups in total. The lowest BCUT2D eigenvalue weighted by Gasteiger charge is -2.31. The fourth-order valence-corrected chi connectivity index (χ4v) is 3.81. The van der Waals surface area contributed by atoms with Crippen molar-refractivity contribution >= 4 is 15.7 Å². The molecule has 1 aromatic rings. The predicted octanol–water partition coefficient (Wildman–Crippen LogP) is 0.822. The first-order valence-corrected chi connectivity index (χ1v) is 7.82. The van der Waals surface area contributed by atoms with Crippen LogP contribution < -0.4 is 5.73 Å². The van der Waals surface area contributed by atoms with Gasteiger partial charge in [0.25, 0.3) is 0 Å². The zero-order chi connectivity index (χ0) is 14.2. The van der Waals surface area contributed by atoms with Gasteiger partial charge in [0.05, 0.1) is 5.69 Å². The van der Waals surface area contributed by atoms with Crippen LogP contribution in [0.5, 0.6) is 0 Å². The molecule has 0 aromatic heterocycles. The van der Waals surface area contributed by atoms with Crippen LogP contribution in [-0.2, 0) is 10.0 Å². The van der Waals surface area contributed by atoms with Gasteiger partial charge in [-0.2, -0.15) is 4.31 Å². The minimum absolute atomic E-state index is 0.236. The summed E-state index contributed by atoms with van der Waals surface area (Å²) in [5.74, 6) is 0. The Morgan fingerprint density at radius 3 is 2.16 bits per heavy atom. The van der Waals surface area contributed by atoms with Gasteiger partial charge in [-0.05, 0) is 44.2 Å². The molecule has 0 unspecified atom stereocenters. The number of benzene rings is 1. The summed E-state index contributed by atoms with van der Waals surface area (Å²) in [4.78, 5) is 2.36. The Morgan fingerprint density at radius 2 is 1.58 bits per heavy atom. The van der Waals surface area contributed by atoms with E-state index in [0.717, 1.165) is 24.2 Å². The summed E-state index contributed by atoms with van der Waals surface area (Å²) in [6.07, 6.45) is 0. The van der Waals surface area contributed by atoms with Crippen LogP contribution in [0.15, 0.2) is 17.0 Å². The number of hydrogen-bond donors (Lipinski definition) is 1. The fraction of sp³-hybridized carbons (Fsp3) is 0.538. The number of piperazine rings is 1. The second-order valence-corrected chi connectivity index (χ2v) is 7.09. The van der Waals surface area contributed by atoms with Crippen molar-refractivity contribution in [2.75, 3.05) is 39.0 Å². The number of nitrogens with zero attached hydrogens (tertiary/aromatic N) is 2. The maximum atomic E-state index is 12.6. The molecule has 1 aromatic carbocycles. The van der Waals surface area contributed by atoms with Crippen LogP contribution in [0.1, 0.15) is 11.1 Å². The molecule has 0 radical (unpaired) electrons. The number of rotatable bonds is 2. The van der Waals surface area contributed by atoms with E-state index in [1.807, 2.05) is 20.9 Å². The van der Waals surface area contributed by atoms with Crippen molar-refractivity contribution in [3.8, 4) is 0 Å². The molecule has 0 amide bonds. The van der Waals surface area contributed by atoms with E-state index in [9.17, 15) is 8.42 Å². The van der Waals surface area contributed by atoms with E-state index in [2.05, 4.69) is 4.90 Å². The Morgan fingerprint density at radius 1 is 1.05 bits per heavy atom. The molecule has 106 valence electrons. The first kappa shape index (κ1) is 14.3. The molecule has 0 spiro atoms. The van der Waals surface area contributed by atoms with Gasteiger partial charge in [0.15, 0.2) is 0 Å². The smallest absolute Gasteiger partial charge is 0.245 e. The summed E-state index contributed by atoms with van der Waals surface area (Å²) in [5.41, 5.74) is 8.18. The molecule has 1 saturated heterocycles. The summed E-state index contributed by atoms with van der Waals surface area (Å²) < 4.78 is 26.7. The number of aryl methyl sites for hydroxylation is 2. The number of hydrogen-bond acceptors (Lipinski definition) is 4. The second-order valence-electron chi connectivity index (χ2n) is 5.18. The van der Waals surface area contributed by atoms with Gasteiger partial charge < -0.3 is 10.6 Å². The van der Waals surface area contributed by atoms with E-state index < -0.39 is 10.0 Å². The predicted molar refractivity (Wildman–Crippen MR) is 76.6 cm³/mol. The summed E-state index contributed by atoms with van der Waals surface area (Å²) in [7, 11) is -1.48. The Balaban J connectivity index is 2.37. The maximum Gasteiger partial charge on any atom is 0.245 e.